The number of hydrogen-bond acceptors (Lipinski definition) is 7. The smallest absolute Gasteiger partial charge is 0.352 e. The Balaban J connectivity index is 1.68. The van der Waals surface area contributed by atoms with Gasteiger partial charge in [0.1, 0.15) is 5.69 Å². The molecule has 0 amide bonds. The van der Waals surface area contributed by atoms with Crippen molar-refractivity contribution in [2.24, 2.45) is 7.05 Å². The molecule has 0 fully saturated rings. The van der Waals surface area contributed by atoms with Crippen LogP contribution in [-0.2, 0) is 13.6 Å². The SMILES string of the molecule is Cc1c([N+](=O)[O-])c(OCCCn2nc(Cl)c3cnc(Cl)nc32)nn1C. The zero-order chi connectivity index (χ0) is 18.1. The van der Waals surface area contributed by atoms with E-state index in [1.54, 1.807) is 18.7 Å². The quantitative estimate of drug-likeness (QED) is 0.277. The molecule has 0 aromatic carbocycles. The molecule has 132 valence electrons. The summed E-state index contributed by atoms with van der Waals surface area (Å²) in [5.41, 5.74) is 0.815. The van der Waals surface area contributed by atoms with Crippen molar-refractivity contribution in [3.05, 3.63) is 32.4 Å². The van der Waals surface area contributed by atoms with Crippen molar-refractivity contribution >= 4 is 39.9 Å². The van der Waals surface area contributed by atoms with Gasteiger partial charge in [-0.05, 0) is 18.5 Å². The van der Waals surface area contributed by atoms with Gasteiger partial charge in [0.15, 0.2) is 10.8 Å². The van der Waals surface area contributed by atoms with Gasteiger partial charge < -0.3 is 4.74 Å². The first-order valence-corrected chi connectivity index (χ1v) is 7.99. The van der Waals surface area contributed by atoms with Crippen LogP contribution < -0.4 is 4.74 Å². The van der Waals surface area contributed by atoms with E-state index < -0.39 is 4.92 Å². The van der Waals surface area contributed by atoms with Gasteiger partial charge in [0.25, 0.3) is 0 Å². The fraction of sp³-hybridized carbons (Fsp3) is 0.385. The second-order valence-corrected chi connectivity index (χ2v) is 5.91. The average Bonchev–Trinajstić information content (AvgIpc) is 3.01. The Hall–Kier alpha value is -2.46. The lowest BCUT2D eigenvalue weighted by Crippen LogP contribution is -2.07. The molecule has 25 heavy (non-hydrogen) atoms. The average molecular weight is 386 g/mol. The first-order chi connectivity index (χ1) is 11.9. The van der Waals surface area contributed by atoms with Gasteiger partial charge in [0.2, 0.25) is 5.28 Å². The minimum atomic E-state index is -0.503. The lowest BCUT2D eigenvalue weighted by molar-refractivity contribution is -0.386. The Morgan fingerprint density at radius 2 is 2.12 bits per heavy atom. The standard InChI is InChI=1S/C13H13Cl2N7O3/c1-7-9(22(23)24)12(19-20(7)2)25-5-3-4-21-11-8(10(14)18-21)6-16-13(15)17-11/h6H,3-5H2,1-2H3. The van der Waals surface area contributed by atoms with Gasteiger partial charge in [-0.3, -0.25) is 14.8 Å². The number of hydrogen-bond donors (Lipinski definition) is 0. The van der Waals surface area contributed by atoms with E-state index in [0.29, 0.717) is 29.7 Å². The molecule has 3 aromatic heterocycles. The molecule has 3 heterocycles. The Morgan fingerprint density at radius 1 is 1.36 bits per heavy atom. The summed E-state index contributed by atoms with van der Waals surface area (Å²) < 4.78 is 8.46. The van der Waals surface area contributed by atoms with Gasteiger partial charge in [0.05, 0.1) is 16.9 Å². The van der Waals surface area contributed by atoms with Gasteiger partial charge in [-0.1, -0.05) is 11.6 Å². The van der Waals surface area contributed by atoms with Crippen molar-refractivity contribution in [3.63, 3.8) is 0 Å². The molecule has 0 atom stereocenters. The molecule has 0 spiro atoms. The highest BCUT2D eigenvalue weighted by Crippen LogP contribution is 2.29. The van der Waals surface area contributed by atoms with Crippen molar-refractivity contribution in [1.82, 2.24) is 29.5 Å². The number of ether oxygens (including phenoxy) is 1. The van der Waals surface area contributed by atoms with Gasteiger partial charge in [-0.15, -0.1) is 5.10 Å². The molecule has 0 N–H and O–H groups in total. The van der Waals surface area contributed by atoms with Crippen LogP contribution >= 0.6 is 23.2 Å². The molecule has 0 aliphatic rings. The number of aromatic nitrogens is 6. The number of halogens is 2. The normalized spacial score (nSPS) is 11.2. The van der Waals surface area contributed by atoms with E-state index in [0.717, 1.165) is 0 Å². The van der Waals surface area contributed by atoms with Crippen molar-refractivity contribution in [3.8, 4) is 5.88 Å². The molecule has 0 bridgehead atoms. The van der Waals surface area contributed by atoms with Crippen LogP contribution in [0.1, 0.15) is 12.1 Å². The third-order valence-corrected chi connectivity index (χ3v) is 4.08. The maximum absolute atomic E-state index is 11.1. The molecule has 10 nitrogen and oxygen atoms in total. The highest BCUT2D eigenvalue weighted by molar-refractivity contribution is 6.34. The van der Waals surface area contributed by atoms with E-state index in [4.69, 9.17) is 27.9 Å². The van der Waals surface area contributed by atoms with E-state index in [1.165, 1.54) is 10.9 Å². The van der Waals surface area contributed by atoms with Crippen LogP contribution in [0.4, 0.5) is 5.69 Å². The van der Waals surface area contributed by atoms with Crippen LogP contribution in [0.3, 0.4) is 0 Å². The summed E-state index contributed by atoms with van der Waals surface area (Å²) >= 11 is 11.8. The Kier molecular flexibility index (Phi) is 4.73. The fourth-order valence-corrected chi connectivity index (χ4v) is 2.67. The Bertz CT molecular complexity index is 953. The second-order valence-electron chi connectivity index (χ2n) is 5.21. The lowest BCUT2D eigenvalue weighted by Gasteiger charge is -2.04. The molecule has 3 rings (SSSR count). The molecule has 3 aromatic rings. The highest BCUT2D eigenvalue weighted by atomic mass is 35.5. The first kappa shape index (κ1) is 17.4. The van der Waals surface area contributed by atoms with Gasteiger partial charge in [-0.2, -0.15) is 10.1 Å². The van der Waals surface area contributed by atoms with Crippen LogP contribution in [0.25, 0.3) is 11.0 Å². The van der Waals surface area contributed by atoms with E-state index in [2.05, 4.69) is 20.2 Å². The van der Waals surface area contributed by atoms with Crippen LogP contribution in [0.2, 0.25) is 10.4 Å². The second kappa shape index (κ2) is 6.81. The summed E-state index contributed by atoms with van der Waals surface area (Å²) in [7, 11) is 1.62. The van der Waals surface area contributed by atoms with E-state index in [-0.39, 0.29) is 28.6 Å². The molecule has 0 saturated heterocycles. The first-order valence-electron chi connectivity index (χ1n) is 7.24. The lowest BCUT2D eigenvalue weighted by atomic mass is 10.4. The van der Waals surface area contributed by atoms with E-state index in [1.807, 2.05) is 0 Å². The maximum atomic E-state index is 11.1. The predicted molar refractivity (Wildman–Crippen MR) is 90.1 cm³/mol. The third-order valence-electron chi connectivity index (χ3n) is 3.62. The Morgan fingerprint density at radius 3 is 2.84 bits per heavy atom. The van der Waals surface area contributed by atoms with Crippen LogP contribution in [-0.4, -0.2) is 41.1 Å². The maximum Gasteiger partial charge on any atom is 0.352 e. The number of nitrogens with zero attached hydrogens (tertiary/aromatic N) is 7. The van der Waals surface area contributed by atoms with Crippen molar-refractivity contribution < 1.29 is 9.66 Å². The molecular weight excluding hydrogens is 373 g/mol. The zero-order valence-corrected chi connectivity index (χ0v) is 14.8. The monoisotopic (exact) mass is 385 g/mol. The highest BCUT2D eigenvalue weighted by Gasteiger charge is 2.25. The molecule has 0 aliphatic heterocycles. The van der Waals surface area contributed by atoms with Crippen LogP contribution in [0.15, 0.2) is 6.20 Å². The molecule has 0 radical (unpaired) electrons. The van der Waals surface area contributed by atoms with Gasteiger partial charge in [-0.25, -0.2) is 9.67 Å². The molecule has 12 heteroatoms. The van der Waals surface area contributed by atoms with E-state index in [9.17, 15) is 10.1 Å². The van der Waals surface area contributed by atoms with Crippen LogP contribution in [0, 0.1) is 17.0 Å². The minimum Gasteiger partial charge on any atom is -0.472 e. The Labute approximate surface area is 151 Å². The fourth-order valence-electron chi connectivity index (χ4n) is 2.31. The zero-order valence-electron chi connectivity index (χ0n) is 13.3. The summed E-state index contributed by atoms with van der Waals surface area (Å²) in [6, 6.07) is 0. The molecular formula is C13H13Cl2N7O3. The molecule has 0 unspecified atom stereocenters. The number of aryl methyl sites for hydroxylation is 2. The molecule has 0 aliphatic carbocycles. The number of fused-ring (bicyclic) bond motifs is 1. The van der Waals surface area contributed by atoms with Crippen molar-refractivity contribution in [2.75, 3.05) is 6.61 Å². The summed E-state index contributed by atoms with van der Waals surface area (Å²) in [5, 5.41) is 20.3. The largest absolute Gasteiger partial charge is 0.472 e. The van der Waals surface area contributed by atoms with Gasteiger partial charge in [0, 0.05) is 26.2 Å². The van der Waals surface area contributed by atoms with Crippen LogP contribution in [0.5, 0.6) is 5.88 Å². The molecule has 0 saturated carbocycles. The topological polar surface area (TPSA) is 114 Å². The minimum absolute atomic E-state index is 0.00118. The number of rotatable bonds is 6. The van der Waals surface area contributed by atoms with E-state index >= 15 is 0 Å². The van der Waals surface area contributed by atoms with Crippen molar-refractivity contribution in [2.45, 2.75) is 19.9 Å². The number of nitro groups is 1. The summed E-state index contributed by atoms with van der Waals surface area (Å²) in [6.07, 6.45) is 2.02. The summed E-state index contributed by atoms with van der Waals surface area (Å²) in [6.45, 7) is 2.27. The predicted octanol–water partition coefficient (Wildman–Crippen LogP) is 2.55. The third kappa shape index (κ3) is 3.35. The van der Waals surface area contributed by atoms with Crippen molar-refractivity contribution in [1.29, 1.82) is 0 Å². The summed E-state index contributed by atoms with van der Waals surface area (Å²) in [5.74, 6) is -0.00118. The summed E-state index contributed by atoms with van der Waals surface area (Å²) in [4.78, 5) is 18.6. The van der Waals surface area contributed by atoms with Gasteiger partial charge >= 0.3 is 11.6 Å².